The van der Waals surface area contributed by atoms with Gasteiger partial charge in [0, 0.05) is 12.3 Å². The quantitative estimate of drug-likeness (QED) is 0.889. The van der Waals surface area contributed by atoms with Crippen LogP contribution in [0.4, 0.5) is 5.82 Å². The Morgan fingerprint density at radius 2 is 2.33 bits per heavy atom. The summed E-state index contributed by atoms with van der Waals surface area (Å²) in [5, 5.41) is 12.5. The zero-order chi connectivity index (χ0) is 13.1. The third kappa shape index (κ3) is 2.62. The normalized spacial score (nSPS) is 20.4. The molecule has 96 valence electrons. The van der Waals surface area contributed by atoms with E-state index in [-0.39, 0.29) is 12.1 Å². The Morgan fingerprint density at radius 1 is 1.56 bits per heavy atom. The topological polar surface area (TPSA) is 57.9 Å². The van der Waals surface area contributed by atoms with Crippen LogP contribution in [0.1, 0.15) is 36.6 Å². The van der Waals surface area contributed by atoms with Crippen molar-refractivity contribution in [1.82, 2.24) is 4.98 Å². The molecular formula is C14H19N3O. The van der Waals surface area contributed by atoms with Gasteiger partial charge in [0.25, 0.3) is 0 Å². The van der Waals surface area contributed by atoms with Crippen molar-refractivity contribution in [3.05, 3.63) is 22.9 Å². The minimum Gasteiger partial charge on any atom is -0.376 e. The molecule has 1 aliphatic heterocycles. The van der Waals surface area contributed by atoms with Crippen molar-refractivity contribution in [2.75, 3.05) is 11.9 Å². The molecule has 1 aliphatic rings. The first-order valence-electron chi connectivity index (χ1n) is 6.38. The van der Waals surface area contributed by atoms with Crippen LogP contribution in [-0.2, 0) is 4.74 Å². The molecule has 0 aliphatic carbocycles. The summed E-state index contributed by atoms with van der Waals surface area (Å²) in [5.41, 5.74) is 2.52. The highest BCUT2D eigenvalue weighted by Gasteiger charge is 2.23. The number of hydrogen-bond acceptors (Lipinski definition) is 4. The fourth-order valence-corrected chi connectivity index (χ4v) is 2.39. The zero-order valence-corrected chi connectivity index (χ0v) is 11.2. The predicted molar refractivity (Wildman–Crippen MR) is 70.5 cm³/mol. The smallest absolute Gasteiger partial charge is 0.144 e. The highest BCUT2D eigenvalue weighted by atomic mass is 16.5. The van der Waals surface area contributed by atoms with E-state index in [4.69, 9.17) is 4.74 Å². The van der Waals surface area contributed by atoms with Crippen LogP contribution in [0, 0.1) is 25.2 Å². The van der Waals surface area contributed by atoms with Crippen LogP contribution < -0.4 is 5.32 Å². The number of hydrogen-bond donors (Lipinski definition) is 1. The Bertz CT molecular complexity index is 473. The lowest BCUT2D eigenvalue weighted by Gasteiger charge is -2.21. The Balaban J connectivity index is 2.20. The second-order valence-electron chi connectivity index (χ2n) is 4.90. The Labute approximate surface area is 108 Å². The molecule has 1 aromatic heterocycles. The summed E-state index contributed by atoms with van der Waals surface area (Å²) in [6.45, 7) is 6.80. The van der Waals surface area contributed by atoms with Crippen LogP contribution in [-0.4, -0.2) is 23.7 Å². The second kappa shape index (κ2) is 5.36. The molecular weight excluding hydrogens is 226 g/mol. The van der Waals surface area contributed by atoms with Crippen molar-refractivity contribution < 1.29 is 4.74 Å². The molecule has 0 amide bonds. The summed E-state index contributed by atoms with van der Waals surface area (Å²) in [7, 11) is 0. The molecule has 2 atom stereocenters. The van der Waals surface area contributed by atoms with Gasteiger partial charge in [-0.2, -0.15) is 5.26 Å². The summed E-state index contributed by atoms with van der Waals surface area (Å²) >= 11 is 0. The maximum Gasteiger partial charge on any atom is 0.144 e. The van der Waals surface area contributed by atoms with Crippen molar-refractivity contribution in [2.24, 2.45) is 0 Å². The maximum absolute atomic E-state index is 9.21. The van der Waals surface area contributed by atoms with Gasteiger partial charge in [-0.3, -0.25) is 0 Å². The number of pyridine rings is 1. The molecule has 0 aromatic carbocycles. The lowest BCUT2D eigenvalue weighted by molar-refractivity contribution is 0.0995. The van der Waals surface area contributed by atoms with Gasteiger partial charge >= 0.3 is 0 Å². The van der Waals surface area contributed by atoms with Gasteiger partial charge in [0.1, 0.15) is 11.9 Å². The van der Waals surface area contributed by atoms with Crippen molar-refractivity contribution in [1.29, 1.82) is 5.26 Å². The fraction of sp³-hybridized carbons (Fsp3) is 0.571. The highest BCUT2D eigenvalue weighted by molar-refractivity contribution is 5.56. The van der Waals surface area contributed by atoms with E-state index in [1.807, 2.05) is 19.9 Å². The molecule has 1 aromatic rings. The van der Waals surface area contributed by atoms with Crippen LogP contribution in [0.5, 0.6) is 0 Å². The fourth-order valence-electron chi connectivity index (χ4n) is 2.39. The van der Waals surface area contributed by atoms with Gasteiger partial charge in [-0.1, -0.05) is 0 Å². The lowest BCUT2D eigenvalue weighted by atomic mass is 10.1. The molecule has 0 spiro atoms. The van der Waals surface area contributed by atoms with Crippen molar-refractivity contribution in [3.8, 4) is 6.07 Å². The highest BCUT2D eigenvalue weighted by Crippen LogP contribution is 2.22. The van der Waals surface area contributed by atoms with E-state index < -0.39 is 0 Å². The molecule has 4 heteroatoms. The molecule has 4 nitrogen and oxygen atoms in total. The summed E-state index contributed by atoms with van der Waals surface area (Å²) in [6, 6.07) is 4.33. The predicted octanol–water partition coefficient (Wildman–Crippen LogP) is 2.55. The number of aromatic nitrogens is 1. The van der Waals surface area contributed by atoms with Crippen molar-refractivity contribution in [2.45, 2.75) is 45.8 Å². The molecule has 2 unspecified atom stereocenters. The van der Waals surface area contributed by atoms with Crippen molar-refractivity contribution >= 4 is 5.82 Å². The molecule has 1 N–H and O–H groups in total. The first-order valence-corrected chi connectivity index (χ1v) is 6.38. The van der Waals surface area contributed by atoms with Gasteiger partial charge in [0.05, 0.1) is 17.7 Å². The molecule has 0 radical (unpaired) electrons. The monoisotopic (exact) mass is 245 g/mol. The number of anilines is 1. The van der Waals surface area contributed by atoms with E-state index in [1.165, 1.54) is 0 Å². The zero-order valence-electron chi connectivity index (χ0n) is 11.2. The molecule has 0 saturated carbocycles. The molecule has 1 saturated heterocycles. The second-order valence-corrected chi connectivity index (χ2v) is 4.90. The van der Waals surface area contributed by atoms with E-state index in [0.717, 1.165) is 30.7 Å². The first kappa shape index (κ1) is 12.8. The largest absolute Gasteiger partial charge is 0.376 e. The number of ether oxygens (including phenoxy) is 1. The molecule has 0 bridgehead atoms. The van der Waals surface area contributed by atoms with Gasteiger partial charge in [-0.15, -0.1) is 0 Å². The molecule has 18 heavy (non-hydrogen) atoms. The number of nitrogens with one attached hydrogen (secondary N) is 1. The maximum atomic E-state index is 9.21. The summed E-state index contributed by atoms with van der Waals surface area (Å²) in [4.78, 5) is 4.43. The average molecular weight is 245 g/mol. The SMILES string of the molecule is Cc1cc(C)c(C#N)c(NC(C)C2CCCO2)n1. The van der Waals surface area contributed by atoms with Gasteiger partial charge in [-0.25, -0.2) is 4.98 Å². The van der Waals surface area contributed by atoms with E-state index in [9.17, 15) is 5.26 Å². The van der Waals surface area contributed by atoms with Crippen LogP contribution in [0.25, 0.3) is 0 Å². The standard InChI is InChI=1S/C14H19N3O/c1-9-7-10(2)16-14(12(9)8-15)17-11(3)13-5-4-6-18-13/h7,11,13H,4-6H2,1-3H3,(H,16,17). The molecule has 2 heterocycles. The average Bonchev–Trinajstić information content (AvgIpc) is 2.81. The number of aryl methyl sites for hydroxylation is 2. The van der Waals surface area contributed by atoms with E-state index in [0.29, 0.717) is 11.4 Å². The first-order chi connectivity index (χ1) is 8.61. The van der Waals surface area contributed by atoms with E-state index in [1.54, 1.807) is 0 Å². The van der Waals surface area contributed by atoms with Gasteiger partial charge in [0.2, 0.25) is 0 Å². The van der Waals surface area contributed by atoms with Crippen LogP contribution in [0.3, 0.4) is 0 Å². The minimum absolute atomic E-state index is 0.174. The minimum atomic E-state index is 0.174. The Morgan fingerprint density at radius 3 is 2.94 bits per heavy atom. The van der Waals surface area contributed by atoms with Crippen LogP contribution in [0.15, 0.2) is 6.07 Å². The lowest BCUT2D eigenvalue weighted by Crippen LogP contribution is -2.30. The number of rotatable bonds is 3. The van der Waals surface area contributed by atoms with E-state index >= 15 is 0 Å². The van der Waals surface area contributed by atoms with Crippen LogP contribution >= 0.6 is 0 Å². The van der Waals surface area contributed by atoms with Gasteiger partial charge in [0.15, 0.2) is 0 Å². The molecule has 2 rings (SSSR count). The van der Waals surface area contributed by atoms with Crippen LogP contribution in [0.2, 0.25) is 0 Å². The third-order valence-corrected chi connectivity index (χ3v) is 3.34. The van der Waals surface area contributed by atoms with E-state index in [2.05, 4.69) is 23.3 Å². The number of nitriles is 1. The Hall–Kier alpha value is -1.60. The number of nitrogens with zero attached hydrogens (tertiary/aromatic N) is 2. The molecule has 1 fully saturated rings. The summed E-state index contributed by atoms with van der Waals surface area (Å²) < 4.78 is 5.65. The third-order valence-electron chi connectivity index (χ3n) is 3.34. The Kier molecular flexibility index (Phi) is 3.83. The van der Waals surface area contributed by atoms with Gasteiger partial charge in [-0.05, 0) is 45.2 Å². The summed E-state index contributed by atoms with van der Waals surface area (Å²) in [6.07, 6.45) is 2.40. The summed E-state index contributed by atoms with van der Waals surface area (Å²) in [5.74, 6) is 0.679. The van der Waals surface area contributed by atoms with Crippen molar-refractivity contribution in [3.63, 3.8) is 0 Å². The van der Waals surface area contributed by atoms with Gasteiger partial charge < -0.3 is 10.1 Å².